The van der Waals surface area contributed by atoms with Crippen molar-refractivity contribution in [2.75, 3.05) is 9.80 Å². The molecule has 5 rings (SSSR count). The van der Waals surface area contributed by atoms with E-state index in [-0.39, 0.29) is 57.7 Å². The van der Waals surface area contributed by atoms with Gasteiger partial charge < -0.3 is 22.9 Å². The molecule has 0 spiro atoms. The molecule has 0 saturated carbocycles. The van der Waals surface area contributed by atoms with E-state index in [1.165, 1.54) is 34.1 Å². The number of primary amides is 4. The topological polar surface area (TPSA) is 243 Å². The molecule has 0 radical (unpaired) electrons. The number of pyridine rings is 5. The van der Waals surface area contributed by atoms with Crippen molar-refractivity contribution in [1.82, 2.24) is 24.9 Å². The molecule has 218 valence electrons. The molecule has 5 aromatic rings. The fraction of sp³-hybridized carbons (Fsp3) is 0. The smallest absolute Gasteiger partial charge is 0.267 e. The molecular weight excluding hydrogens is 566 g/mol. The van der Waals surface area contributed by atoms with Gasteiger partial charge in [0.15, 0.2) is 0 Å². The molecule has 0 aliphatic heterocycles. The summed E-state index contributed by atoms with van der Waals surface area (Å²) in [4.78, 5) is 73.1. The lowest BCUT2D eigenvalue weighted by molar-refractivity contribution is 0.0987. The van der Waals surface area contributed by atoms with Gasteiger partial charge in [-0.15, -0.1) is 0 Å². The van der Waals surface area contributed by atoms with Crippen LogP contribution in [0.15, 0.2) is 91.0 Å². The van der Waals surface area contributed by atoms with Crippen LogP contribution < -0.4 is 32.7 Å². The van der Waals surface area contributed by atoms with E-state index in [0.29, 0.717) is 0 Å². The number of nitrogens with two attached hydrogens (primary N) is 4. The summed E-state index contributed by atoms with van der Waals surface area (Å²) < 4.78 is 0. The van der Waals surface area contributed by atoms with Gasteiger partial charge in [0, 0.05) is 0 Å². The molecular formula is C29H23N11O4. The molecule has 44 heavy (non-hydrogen) atoms. The zero-order valence-corrected chi connectivity index (χ0v) is 22.7. The Labute approximate surface area is 249 Å². The second kappa shape index (κ2) is 12.0. The summed E-state index contributed by atoms with van der Waals surface area (Å²) >= 11 is 0. The van der Waals surface area contributed by atoms with Crippen molar-refractivity contribution in [1.29, 1.82) is 0 Å². The fourth-order valence-electron chi connectivity index (χ4n) is 4.11. The Morgan fingerprint density at radius 1 is 0.364 bits per heavy atom. The zero-order chi connectivity index (χ0) is 31.4. The van der Waals surface area contributed by atoms with Crippen LogP contribution in [0.25, 0.3) is 0 Å². The number of hydrogen-bond donors (Lipinski definition) is 4. The molecule has 0 aliphatic carbocycles. The average molecular weight is 590 g/mol. The Kier molecular flexibility index (Phi) is 7.84. The summed E-state index contributed by atoms with van der Waals surface area (Å²) in [6.45, 7) is 0. The van der Waals surface area contributed by atoms with Crippen molar-refractivity contribution in [2.24, 2.45) is 22.9 Å². The first-order chi connectivity index (χ1) is 21.1. The molecule has 0 atom stereocenters. The van der Waals surface area contributed by atoms with Crippen LogP contribution in [0.4, 0.5) is 34.9 Å². The molecule has 8 N–H and O–H groups in total. The van der Waals surface area contributed by atoms with Crippen LogP contribution in [-0.4, -0.2) is 48.5 Å². The highest BCUT2D eigenvalue weighted by Gasteiger charge is 2.23. The molecule has 0 bridgehead atoms. The molecule has 0 fully saturated rings. The third kappa shape index (κ3) is 5.96. The SMILES string of the molecule is NC(=O)c1cccc(N(c2cccc(C(N)=O)n2)c2cccc(N(c3cccc(C(N)=O)n3)c3cccc(C(N)=O)n3)n2)n1. The van der Waals surface area contributed by atoms with E-state index in [0.717, 1.165) is 0 Å². The normalized spacial score (nSPS) is 10.5. The van der Waals surface area contributed by atoms with E-state index in [1.807, 2.05) is 0 Å². The maximum atomic E-state index is 12.0. The van der Waals surface area contributed by atoms with Gasteiger partial charge >= 0.3 is 0 Å². The number of carbonyl (C=O) groups excluding carboxylic acids is 4. The second-order valence-corrected chi connectivity index (χ2v) is 9.01. The molecule has 5 heterocycles. The summed E-state index contributed by atoms with van der Waals surface area (Å²) in [5.74, 6) is -1.87. The van der Waals surface area contributed by atoms with Gasteiger partial charge in [0.05, 0.1) is 0 Å². The van der Waals surface area contributed by atoms with E-state index in [2.05, 4.69) is 19.9 Å². The highest BCUT2D eigenvalue weighted by atomic mass is 16.2. The first-order valence-corrected chi connectivity index (χ1v) is 12.8. The van der Waals surface area contributed by atoms with E-state index >= 15 is 0 Å². The lowest BCUT2D eigenvalue weighted by Gasteiger charge is -2.26. The van der Waals surface area contributed by atoms with Crippen LogP contribution in [0.3, 0.4) is 0 Å². The van der Waals surface area contributed by atoms with Crippen LogP contribution in [0.1, 0.15) is 42.0 Å². The molecule has 0 aromatic carbocycles. The van der Waals surface area contributed by atoms with Crippen molar-refractivity contribution < 1.29 is 19.2 Å². The van der Waals surface area contributed by atoms with Gasteiger partial charge in [-0.1, -0.05) is 30.3 Å². The maximum absolute atomic E-state index is 12.0. The van der Waals surface area contributed by atoms with Gasteiger partial charge in [-0.05, 0) is 60.7 Å². The third-order valence-electron chi connectivity index (χ3n) is 6.04. The predicted octanol–water partition coefficient (Wildman–Crippen LogP) is 2.00. The lowest BCUT2D eigenvalue weighted by Crippen LogP contribution is -2.22. The van der Waals surface area contributed by atoms with E-state index in [1.54, 1.807) is 66.7 Å². The standard InChI is InChI=1S/C29H23N11O4/c30-26(41)16-6-1-10-20(34-16)39(21-11-2-7-17(35-21)27(31)42)24-14-5-15-25(38-24)40(22-12-3-8-18(36-22)28(32)43)23-13-4-9-19(37-23)29(33)44/h1-15H,(H2,30,41)(H2,31,42)(H2,32,43)(H2,33,44). The van der Waals surface area contributed by atoms with Gasteiger partial charge in [-0.25, -0.2) is 24.9 Å². The first-order valence-electron chi connectivity index (χ1n) is 12.8. The van der Waals surface area contributed by atoms with Crippen molar-refractivity contribution >= 4 is 58.5 Å². The lowest BCUT2D eigenvalue weighted by atomic mass is 10.2. The Morgan fingerprint density at radius 2 is 0.568 bits per heavy atom. The first kappa shape index (κ1) is 28.7. The zero-order valence-electron chi connectivity index (χ0n) is 22.7. The summed E-state index contributed by atoms with van der Waals surface area (Å²) in [6, 6.07) is 23.3. The second-order valence-electron chi connectivity index (χ2n) is 9.01. The number of anilines is 6. The number of aromatic nitrogens is 5. The number of carbonyl (C=O) groups is 4. The van der Waals surface area contributed by atoms with Crippen molar-refractivity contribution in [2.45, 2.75) is 0 Å². The van der Waals surface area contributed by atoms with Crippen LogP contribution in [0, 0.1) is 0 Å². The largest absolute Gasteiger partial charge is 0.364 e. The third-order valence-corrected chi connectivity index (χ3v) is 6.04. The summed E-state index contributed by atoms with van der Waals surface area (Å²) in [5.41, 5.74) is 21.8. The fourth-order valence-corrected chi connectivity index (χ4v) is 4.11. The van der Waals surface area contributed by atoms with Crippen LogP contribution in [0.2, 0.25) is 0 Å². The molecule has 15 nitrogen and oxygen atoms in total. The number of amides is 4. The molecule has 0 aliphatic rings. The Balaban J connectivity index is 1.73. The highest BCUT2D eigenvalue weighted by molar-refractivity contribution is 5.93. The minimum atomic E-state index is -0.764. The molecule has 0 unspecified atom stereocenters. The summed E-state index contributed by atoms with van der Waals surface area (Å²) in [6.07, 6.45) is 0. The average Bonchev–Trinajstić information content (AvgIpc) is 3.02. The minimum Gasteiger partial charge on any atom is -0.364 e. The van der Waals surface area contributed by atoms with Gasteiger partial charge in [0.25, 0.3) is 23.6 Å². The Bertz CT molecular complexity index is 1680. The summed E-state index contributed by atoms with van der Waals surface area (Å²) in [7, 11) is 0. The van der Waals surface area contributed by atoms with Gasteiger partial charge in [0.2, 0.25) is 0 Å². The minimum absolute atomic E-state index is 0.0312. The number of hydrogen-bond acceptors (Lipinski definition) is 11. The van der Waals surface area contributed by atoms with E-state index in [4.69, 9.17) is 27.9 Å². The Hall–Kier alpha value is -6.77. The van der Waals surface area contributed by atoms with E-state index in [9.17, 15) is 19.2 Å². The Morgan fingerprint density at radius 3 is 0.795 bits per heavy atom. The van der Waals surface area contributed by atoms with Gasteiger partial charge in [-0.2, -0.15) is 0 Å². The van der Waals surface area contributed by atoms with E-state index < -0.39 is 23.6 Å². The van der Waals surface area contributed by atoms with Crippen molar-refractivity contribution in [3.8, 4) is 0 Å². The van der Waals surface area contributed by atoms with Crippen molar-refractivity contribution in [3.05, 3.63) is 114 Å². The van der Waals surface area contributed by atoms with Crippen molar-refractivity contribution in [3.63, 3.8) is 0 Å². The molecule has 0 saturated heterocycles. The van der Waals surface area contributed by atoms with Crippen LogP contribution in [-0.2, 0) is 0 Å². The van der Waals surface area contributed by atoms with Crippen LogP contribution >= 0.6 is 0 Å². The molecule has 4 amide bonds. The number of nitrogens with zero attached hydrogens (tertiary/aromatic N) is 7. The molecule has 15 heteroatoms. The van der Waals surface area contributed by atoms with Gasteiger partial charge in [-0.3, -0.25) is 29.0 Å². The number of rotatable bonds is 10. The maximum Gasteiger partial charge on any atom is 0.267 e. The summed E-state index contributed by atoms with van der Waals surface area (Å²) in [5, 5.41) is 0. The molecule has 5 aromatic heterocycles. The van der Waals surface area contributed by atoms with Gasteiger partial charge in [0.1, 0.15) is 57.7 Å². The predicted molar refractivity (Wildman–Crippen MR) is 159 cm³/mol. The highest BCUT2D eigenvalue weighted by Crippen LogP contribution is 2.36. The quantitative estimate of drug-likeness (QED) is 0.183. The van der Waals surface area contributed by atoms with Crippen LogP contribution in [0.5, 0.6) is 0 Å². The monoisotopic (exact) mass is 589 g/mol.